The van der Waals surface area contributed by atoms with Gasteiger partial charge in [-0.2, -0.15) is 0 Å². The molecule has 0 aliphatic heterocycles. The van der Waals surface area contributed by atoms with Crippen LogP contribution < -0.4 is 16.2 Å². The molecular formula is C14H18BrN3O2. The van der Waals surface area contributed by atoms with E-state index in [-0.39, 0.29) is 18.0 Å². The van der Waals surface area contributed by atoms with Gasteiger partial charge in [-0.05, 0) is 31.0 Å². The molecule has 1 aliphatic rings. The van der Waals surface area contributed by atoms with Crippen LogP contribution in [0.1, 0.15) is 42.5 Å². The molecule has 6 heteroatoms. The van der Waals surface area contributed by atoms with Crippen molar-refractivity contribution in [2.24, 2.45) is 0 Å². The van der Waals surface area contributed by atoms with Crippen LogP contribution in [0.3, 0.4) is 0 Å². The molecule has 108 valence electrons. The first kappa shape index (κ1) is 14.8. The lowest BCUT2D eigenvalue weighted by Gasteiger charge is -2.22. The number of halogens is 1. The first-order chi connectivity index (χ1) is 9.65. The van der Waals surface area contributed by atoms with Gasteiger partial charge in [-0.15, -0.1) is 0 Å². The molecule has 1 aromatic rings. The van der Waals surface area contributed by atoms with Gasteiger partial charge in [0.15, 0.2) is 0 Å². The summed E-state index contributed by atoms with van der Waals surface area (Å²) >= 11 is 3.30. The lowest BCUT2D eigenvalue weighted by atomic mass is 9.96. The van der Waals surface area contributed by atoms with E-state index in [1.165, 1.54) is 6.42 Å². The summed E-state index contributed by atoms with van der Waals surface area (Å²) in [5.41, 5.74) is 5.26. The highest BCUT2D eigenvalue weighted by Crippen LogP contribution is 2.17. The van der Waals surface area contributed by atoms with Crippen LogP contribution in [-0.4, -0.2) is 18.0 Å². The fraction of sp³-hybridized carbons (Fsp3) is 0.429. The average molecular weight is 340 g/mol. The molecule has 3 amide bonds. The summed E-state index contributed by atoms with van der Waals surface area (Å²) in [6.45, 7) is 0. The highest BCUT2D eigenvalue weighted by molar-refractivity contribution is 9.10. The largest absolute Gasteiger partial charge is 0.334 e. The molecule has 1 aromatic carbocycles. The van der Waals surface area contributed by atoms with Crippen LogP contribution in [0.5, 0.6) is 0 Å². The zero-order chi connectivity index (χ0) is 14.4. The Morgan fingerprint density at radius 3 is 2.55 bits per heavy atom. The van der Waals surface area contributed by atoms with Crippen molar-refractivity contribution in [3.05, 3.63) is 34.3 Å². The van der Waals surface area contributed by atoms with Crippen molar-refractivity contribution in [3.8, 4) is 0 Å². The van der Waals surface area contributed by atoms with E-state index in [2.05, 4.69) is 32.1 Å². The van der Waals surface area contributed by atoms with Gasteiger partial charge in [0.25, 0.3) is 5.91 Å². The van der Waals surface area contributed by atoms with Gasteiger partial charge in [0, 0.05) is 16.1 Å². The molecule has 0 heterocycles. The highest BCUT2D eigenvalue weighted by Gasteiger charge is 2.15. The molecule has 0 radical (unpaired) electrons. The minimum absolute atomic E-state index is 0.214. The van der Waals surface area contributed by atoms with Gasteiger partial charge >= 0.3 is 6.03 Å². The Morgan fingerprint density at radius 2 is 1.85 bits per heavy atom. The summed E-state index contributed by atoms with van der Waals surface area (Å²) < 4.78 is 0.816. The number of nitrogens with one attached hydrogen (secondary N) is 3. The Morgan fingerprint density at radius 1 is 1.10 bits per heavy atom. The summed E-state index contributed by atoms with van der Waals surface area (Å²) in [4.78, 5) is 23.5. The molecule has 3 N–H and O–H groups in total. The van der Waals surface area contributed by atoms with E-state index in [4.69, 9.17) is 0 Å². The van der Waals surface area contributed by atoms with Crippen LogP contribution in [0.2, 0.25) is 0 Å². The summed E-state index contributed by atoms with van der Waals surface area (Å²) in [6, 6.07) is 6.82. The number of amides is 3. The van der Waals surface area contributed by atoms with E-state index in [0.717, 1.165) is 30.2 Å². The SMILES string of the molecule is O=C(NNC(=O)c1cccc(Br)c1)NC1CCCCC1. The Hall–Kier alpha value is -1.56. The van der Waals surface area contributed by atoms with Crippen molar-refractivity contribution < 1.29 is 9.59 Å². The van der Waals surface area contributed by atoms with Crippen LogP contribution in [0.15, 0.2) is 28.7 Å². The standard InChI is InChI=1S/C14H18BrN3O2/c15-11-6-4-5-10(9-11)13(19)17-18-14(20)16-12-7-2-1-3-8-12/h4-6,9,12H,1-3,7-8H2,(H,17,19)(H2,16,18,20). The van der Waals surface area contributed by atoms with E-state index in [0.29, 0.717) is 5.56 Å². The molecule has 2 rings (SSSR count). The maximum absolute atomic E-state index is 11.8. The van der Waals surface area contributed by atoms with E-state index >= 15 is 0 Å². The third-order valence-electron chi connectivity index (χ3n) is 3.32. The molecule has 0 unspecified atom stereocenters. The Balaban J connectivity index is 1.76. The number of carbonyl (C=O) groups excluding carboxylic acids is 2. The van der Waals surface area contributed by atoms with Crippen LogP contribution in [-0.2, 0) is 0 Å². The monoisotopic (exact) mass is 339 g/mol. The molecule has 1 fully saturated rings. The van der Waals surface area contributed by atoms with Crippen LogP contribution in [0.4, 0.5) is 4.79 Å². The minimum atomic E-state index is -0.361. The predicted octanol–water partition coefficient (Wildman–Crippen LogP) is 2.73. The van der Waals surface area contributed by atoms with Crippen molar-refractivity contribution in [3.63, 3.8) is 0 Å². The Labute approximate surface area is 126 Å². The van der Waals surface area contributed by atoms with Crippen molar-refractivity contribution in [2.45, 2.75) is 38.1 Å². The smallest absolute Gasteiger partial charge is 0.333 e. The topological polar surface area (TPSA) is 70.2 Å². The van der Waals surface area contributed by atoms with Gasteiger partial charge in [-0.25, -0.2) is 10.2 Å². The number of hydrazine groups is 1. The van der Waals surface area contributed by atoms with E-state index in [1.54, 1.807) is 18.2 Å². The van der Waals surface area contributed by atoms with Gasteiger partial charge < -0.3 is 5.32 Å². The van der Waals surface area contributed by atoms with Crippen molar-refractivity contribution in [1.82, 2.24) is 16.2 Å². The van der Waals surface area contributed by atoms with E-state index in [1.807, 2.05) is 6.07 Å². The zero-order valence-electron chi connectivity index (χ0n) is 11.1. The molecule has 0 spiro atoms. The lowest BCUT2D eigenvalue weighted by Crippen LogP contribution is -2.50. The summed E-state index contributed by atoms with van der Waals surface area (Å²) in [5, 5.41) is 2.86. The van der Waals surface area contributed by atoms with Crippen molar-refractivity contribution in [2.75, 3.05) is 0 Å². The molecule has 1 saturated carbocycles. The number of benzene rings is 1. The summed E-state index contributed by atoms with van der Waals surface area (Å²) in [6.07, 6.45) is 5.55. The Kier molecular flexibility index (Phi) is 5.40. The molecule has 5 nitrogen and oxygen atoms in total. The molecule has 20 heavy (non-hydrogen) atoms. The Bertz CT molecular complexity index is 487. The second-order valence-electron chi connectivity index (χ2n) is 4.90. The van der Waals surface area contributed by atoms with Crippen molar-refractivity contribution >= 4 is 27.9 Å². The molecule has 0 atom stereocenters. The number of hydrogen-bond donors (Lipinski definition) is 3. The maximum Gasteiger partial charge on any atom is 0.333 e. The first-order valence-electron chi connectivity index (χ1n) is 6.77. The minimum Gasteiger partial charge on any atom is -0.334 e. The van der Waals surface area contributed by atoms with Gasteiger partial charge in [0.2, 0.25) is 0 Å². The number of rotatable bonds is 2. The number of hydrogen-bond acceptors (Lipinski definition) is 2. The highest BCUT2D eigenvalue weighted by atomic mass is 79.9. The third-order valence-corrected chi connectivity index (χ3v) is 3.81. The van der Waals surface area contributed by atoms with E-state index in [9.17, 15) is 9.59 Å². The fourth-order valence-corrected chi connectivity index (χ4v) is 2.68. The molecule has 0 bridgehead atoms. The van der Waals surface area contributed by atoms with Gasteiger partial charge in [0.1, 0.15) is 0 Å². The molecule has 0 saturated heterocycles. The quantitative estimate of drug-likeness (QED) is 0.725. The number of carbonyl (C=O) groups is 2. The van der Waals surface area contributed by atoms with Gasteiger partial charge in [-0.3, -0.25) is 10.2 Å². The second-order valence-corrected chi connectivity index (χ2v) is 5.81. The number of urea groups is 1. The van der Waals surface area contributed by atoms with Crippen LogP contribution in [0.25, 0.3) is 0 Å². The first-order valence-corrected chi connectivity index (χ1v) is 7.57. The van der Waals surface area contributed by atoms with Gasteiger partial charge in [-0.1, -0.05) is 41.3 Å². The molecule has 1 aliphatic carbocycles. The lowest BCUT2D eigenvalue weighted by molar-refractivity contribution is 0.0935. The van der Waals surface area contributed by atoms with Crippen molar-refractivity contribution in [1.29, 1.82) is 0 Å². The predicted molar refractivity (Wildman–Crippen MR) is 80.1 cm³/mol. The molecule has 0 aromatic heterocycles. The zero-order valence-corrected chi connectivity index (χ0v) is 12.7. The summed E-state index contributed by atoms with van der Waals surface area (Å²) in [5.74, 6) is -0.343. The van der Waals surface area contributed by atoms with E-state index < -0.39 is 0 Å². The maximum atomic E-state index is 11.8. The third kappa shape index (κ3) is 4.52. The van der Waals surface area contributed by atoms with Gasteiger partial charge in [0.05, 0.1) is 0 Å². The average Bonchev–Trinajstić information content (AvgIpc) is 2.46. The normalized spacial score (nSPS) is 15.4. The van der Waals surface area contributed by atoms with Crippen LogP contribution in [0, 0.1) is 0 Å². The summed E-state index contributed by atoms with van der Waals surface area (Å²) in [7, 11) is 0. The van der Waals surface area contributed by atoms with Crippen LogP contribution >= 0.6 is 15.9 Å². The second kappa shape index (κ2) is 7.28. The molecular weight excluding hydrogens is 322 g/mol. The fourth-order valence-electron chi connectivity index (χ4n) is 2.28.